The predicted molar refractivity (Wildman–Crippen MR) is 84.4 cm³/mol. The van der Waals surface area contributed by atoms with Gasteiger partial charge in [-0.2, -0.15) is 5.26 Å². The Balaban J connectivity index is 2.17. The minimum atomic E-state index is -1.00. The normalized spacial score (nSPS) is 21.2. The fraction of sp³-hybridized carbons (Fsp3) is 0.438. The van der Waals surface area contributed by atoms with Gasteiger partial charge in [0, 0.05) is 11.6 Å². The number of nitrogens with zero attached hydrogens (tertiary/aromatic N) is 3. The van der Waals surface area contributed by atoms with E-state index in [9.17, 15) is 9.18 Å². The molecule has 23 heavy (non-hydrogen) atoms. The van der Waals surface area contributed by atoms with E-state index in [0.717, 1.165) is 6.07 Å². The Kier molecular flexibility index (Phi) is 5.22. The molecule has 7 heteroatoms. The van der Waals surface area contributed by atoms with E-state index in [1.54, 1.807) is 11.8 Å². The van der Waals surface area contributed by atoms with Crippen molar-refractivity contribution in [1.82, 2.24) is 4.90 Å². The number of alkyl halides is 1. The summed E-state index contributed by atoms with van der Waals surface area (Å²) in [7, 11) is 0. The summed E-state index contributed by atoms with van der Waals surface area (Å²) in [6.07, 6.45) is -0.379. The van der Waals surface area contributed by atoms with Crippen molar-refractivity contribution < 1.29 is 13.9 Å². The Labute approximate surface area is 139 Å². The third kappa shape index (κ3) is 3.62. The molecule has 0 bridgehead atoms. The van der Waals surface area contributed by atoms with Gasteiger partial charge in [0.05, 0.1) is 11.6 Å². The van der Waals surface area contributed by atoms with Gasteiger partial charge in [0.15, 0.2) is 5.38 Å². The predicted octanol–water partition coefficient (Wildman–Crippen LogP) is 2.82. The second-order valence-electron chi connectivity index (χ2n) is 5.50. The molecule has 0 N–H and O–H groups in total. The maximum absolute atomic E-state index is 13.1. The van der Waals surface area contributed by atoms with Crippen molar-refractivity contribution in [2.45, 2.75) is 45.0 Å². The molecular formula is C16H17ClFN3O2. The number of amides is 1. The average molecular weight is 338 g/mol. The van der Waals surface area contributed by atoms with E-state index in [1.807, 2.05) is 19.9 Å². The van der Waals surface area contributed by atoms with Crippen LogP contribution in [0.5, 0.6) is 0 Å². The lowest BCUT2D eigenvalue weighted by molar-refractivity contribution is -0.134. The number of hydrogen-bond acceptors (Lipinski definition) is 4. The molecule has 2 rings (SSSR count). The van der Waals surface area contributed by atoms with Gasteiger partial charge < -0.3 is 9.64 Å². The molecule has 1 amide bonds. The topological polar surface area (TPSA) is 65.7 Å². The number of benzene rings is 1. The van der Waals surface area contributed by atoms with Gasteiger partial charge in [0.25, 0.3) is 5.91 Å². The Morgan fingerprint density at radius 1 is 1.52 bits per heavy atom. The van der Waals surface area contributed by atoms with E-state index < -0.39 is 11.2 Å². The minimum Gasteiger partial charge on any atom is -0.475 e. The number of rotatable bonds is 3. The van der Waals surface area contributed by atoms with Crippen molar-refractivity contribution in [3.05, 3.63) is 35.1 Å². The van der Waals surface area contributed by atoms with Crippen LogP contribution in [0.4, 0.5) is 4.39 Å². The third-order valence-corrected chi connectivity index (χ3v) is 3.90. The van der Waals surface area contributed by atoms with Crippen molar-refractivity contribution in [2.24, 2.45) is 4.99 Å². The maximum atomic E-state index is 13.1. The van der Waals surface area contributed by atoms with E-state index in [-0.39, 0.29) is 36.2 Å². The summed E-state index contributed by atoms with van der Waals surface area (Å²) in [4.78, 5) is 18.2. The molecule has 0 saturated heterocycles. The zero-order valence-electron chi connectivity index (χ0n) is 13.1. The van der Waals surface area contributed by atoms with Crippen LogP contribution in [0.15, 0.2) is 23.2 Å². The minimum absolute atomic E-state index is 0.00704. The fourth-order valence-corrected chi connectivity index (χ4v) is 2.69. The Bertz CT molecular complexity index is 684. The highest BCUT2D eigenvalue weighted by atomic mass is 35.5. The zero-order valence-corrected chi connectivity index (χ0v) is 13.8. The van der Waals surface area contributed by atoms with Crippen LogP contribution in [0.3, 0.4) is 0 Å². The molecule has 2 unspecified atom stereocenters. The van der Waals surface area contributed by atoms with Gasteiger partial charge in [0.1, 0.15) is 18.6 Å². The Morgan fingerprint density at radius 3 is 2.83 bits per heavy atom. The summed E-state index contributed by atoms with van der Waals surface area (Å²) in [6, 6.07) is 5.73. The van der Waals surface area contributed by atoms with Crippen LogP contribution in [-0.2, 0) is 16.1 Å². The van der Waals surface area contributed by atoms with Crippen LogP contribution in [0, 0.1) is 17.1 Å². The molecule has 0 aliphatic carbocycles. The van der Waals surface area contributed by atoms with Crippen molar-refractivity contribution in [2.75, 3.05) is 0 Å². The second-order valence-corrected chi connectivity index (χ2v) is 5.94. The van der Waals surface area contributed by atoms with Crippen LogP contribution >= 0.6 is 11.6 Å². The number of nitriles is 1. The average Bonchev–Trinajstić information content (AvgIpc) is 2.50. The molecule has 122 valence electrons. The number of hydrogen-bond donors (Lipinski definition) is 0. The van der Waals surface area contributed by atoms with Gasteiger partial charge in [-0.3, -0.25) is 4.79 Å². The molecule has 0 saturated carbocycles. The van der Waals surface area contributed by atoms with Gasteiger partial charge in [-0.25, -0.2) is 9.38 Å². The van der Waals surface area contributed by atoms with Crippen LogP contribution in [0.1, 0.15) is 31.9 Å². The SMILES string of the molecule is CC(C)N1C(=O)C(Cl)C(OCc2ccc(F)cc2C#N)=NC1C. The van der Waals surface area contributed by atoms with Gasteiger partial charge in [-0.1, -0.05) is 6.07 Å². The molecule has 1 aliphatic rings. The fourth-order valence-electron chi connectivity index (χ4n) is 2.46. The highest BCUT2D eigenvalue weighted by Crippen LogP contribution is 2.21. The number of carbonyl (C=O) groups excluding carboxylic acids is 1. The lowest BCUT2D eigenvalue weighted by Gasteiger charge is -2.36. The second kappa shape index (κ2) is 6.97. The van der Waals surface area contributed by atoms with Gasteiger partial charge >= 0.3 is 0 Å². The van der Waals surface area contributed by atoms with Gasteiger partial charge in [0.2, 0.25) is 5.90 Å². The first-order valence-electron chi connectivity index (χ1n) is 7.20. The number of carbonyl (C=O) groups is 1. The molecule has 1 aromatic carbocycles. The van der Waals surface area contributed by atoms with E-state index in [0.29, 0.717) is 5.56 Å². The standard InChI is InChI=1S/C16H17ClFN3O2/c1-9(2)21-10(3)20-15(14(17)16(21)22)23-8-11-4-5-13(18)6-12(11)7-19/h4-6,9-10,14H,8H2,1-3H3. The zero-order chi connectivity index (χ0) is 17.1. The molecule has 0 aromatic heterocycles. The van der Waals surface area contributed by atoms with Gasteiger partial charge in [-0.15, -0.1) is 11.6 Å². The van der Waals surface area contributed by atoms with Crippen LogP contribution in [0.25, 0.3) is 0 Å². The lowest BCUT2D eigenvalue weighted by Crippen LogP contribution is -2.52. The van der Waals surface area contributed by atoms with Crippen molar-refractivity contribution in [1.29, 1.82) is 5.26 Å². The number of aliphatic imine (C=N–C) groups is 1. The molecule has 1 aliphatic heterocycles. The van der Waals surface area contributed by atoms with E-state index in [2.05, 4.69) is 4.99 Å². The van der Waals surface area contributed by atoms with Crippen molar-refractivity contribution in [3.8, 4) is 6.07 Å². The summed E-state index contributed by atoms with van der Waals surface area (Å²) >= 11 is 6.13. The Hall–Kier alpha value is -2.13. The van der Waals surface area contributed by atoms with Crippen LogP contribution in [-0.4, -0.2) is 34.3 Å². The third-order valence-electron chi connectivity index (χ3n) is 3.53. The summed E-state index contributed by atoms with van der Waals surface area (Å²) in [5.74, 6) is -0.639. The largest absolute Gasteiger partial charge is 0.475 e. The molecule has 0 fully saturated rings. The van der Waals surface area contributed by atoms with E-state index >= 15 is 0 Å². The lowest BCUT2D eigenvalue weighted by atomic mass is 10.1. The number of ether oxygens (including phenoxy) is 1. The quantitative estimate of drug-likeness (QED) is 0.797. The molecule has 0 spiro atoms. The van der Waals surface area contributed by atoms with Crippen LogP contribution < -0.4 is 0 Å². The highest BCUT2D eigenvalue weighted by Gasteiger charge is 2.37. The summed E-state index contributed by atoms with van der Waals surface area (Å²) in [6.45, 7) is 5.55. The molecule has 2 atom stereocenters. The first-order valence-corrected chi connectivity index (χ1v) is 7.64. The Morgan fingerprint density at radius 2 is 2.22 bits per heavy atom. The monoisotopic (exact) mass is 337 g/mol. The number of halogens is 2. The molecule has 1 aromatic rings. The van der Waals surface area contributed by atoms with E-state index in [1.165, 1.54) is 12.1 Å². The first kappa shape index (κ1) is 17.2. The summed E-state index contributed by atoms with van der Waals surface area (Å²) in [5.41, 5.74) is 0.683. The molecule has 0 radical (unpaired) electrons. The molecular weight excluding hydrogens is 321 g/mol. The first-order chi connectivity index (χ1) is 10.8. The highest BCUT2D eigenvalue weighted by molar-refractivity contribution is 6.41. The smallest absolute Gasteiger partial charge is 0.252 e. The van der Waals surface area contributed by atoms with Gasteiger partial charge in [-0.05, 0) is 32.9 Å². The van der Waals surface area contributed by atoms with Crippen LogP contribution in [0.2, 0.25) is 0 Å². The van der Waals surface area contributed by atoms with Crippen molar-refractivity contribution >= 4 is 23.4 Å². The summed E-state index contributed by atoms with van der Waals surface area (Å²) in [5, 5.41) is 8.02. The van der Waals surface area contributed by atoms with E-state index in [4.69, 9.17) is 21.6 Å². The molecule has 1 heterocycles. The summed E-state index contributed by atoms with van der Waals surface area (Å²) < 4.78 is 18.7. The molecule has 5 nitrogen and oxygen atoms in total. The maximum Gasteiger partial charge on any atom is 0.252 e. The van der Waals surface area contributed by atoms with Crippen molar-refractivity contribution in [3.63, 3.8) is 0 Å².